The molecule has 1 aliphatic heterocycles. The van der Waals surface area contributed by atoms with E-state index in [0.29, 0.717) is 27.5 Å². The quantitative estimate of drug-likeness (QED) is 0.366. The van der Waals surface area contributed by atoms with E-state index in [0.717, 1.165) is 27.0 Å². The van der Waals surface area contributed by atoms with Crippen LogP contribution in [0.15, 0.2) is 81.1 Å². The predicted octanol–water partition coefficient (Wildman–Crippen LogP) is 6.58. The summed E-state index contributed by atoms with van der Waals surface area (Å²) in [6.45, 7) is 0.320. The molecule has 0 spiro atoms. The molecule has 3 aromatic carbocycles. The molecule has 162 valence electrons. The standard InChI is InChI=1S/C24H18BrClN2O3S/c1-30-19-9-7-18(8-10-19)27-24-28-23(29)22(32-24)13-16-12-17(25)6-11-21(16)31-14-15-4-2-3-5-20(15)26/h2-13H,14H2,1H3,(H,27,28,29)/b22-13-. The van der Waals surface area contributed by atoms with Gasteiger partial charge >= 0.3 is 0 Å². The lowest BCUT2D eigenvalue weighted by Gasteiger charge is -2.11. The molecular formula is C24H18BrClN2O3S. The average Bonchev–Trinajstić information content (AvgIpc) is 3.13. The van der Waals surface area contributed by atoms with Crippen LogP contribution in [-0.2, 0) is 11.4 Å². The third-order valence-corrected chi connectivity index (χ3v) is 6.33. The molecule has 1 amide bonds. The zero-order valence-corrected chi connectivity index (χ0v) is 20.1. The van der Waals surface area contributed by atoms with Gasteiger partial charge in [-0.05, 0) is 66.4 Å². The van der Waals surface area contributed by atoms with Crippen LogP contribution in [0.25, 0.3) is 6.08 Å². The first-order valence-electron chi connectivity index (χ1n) is 9.61. The van der Waals surface area contributed by atoms with Crippen molar-refractivity contribution in [1.82, 2.24) is 5.32 Å². The maximum Gasteiger partial charge on any atom is 0.264 e. The van der Waals surface area contributed by atoms with Crippen molar-refractivity contribution in [3.05, 3.63) is 92.3 Å². The van der Waals surface area contributed by atoms with Gasteiger partial charge in [-0.15, -0.1) is 0 Å². The fraction of sp³-hybridized carbons (Fsp3) is 0.0833. The molecule has 3 aromatic rings. The van der Waals surface area contributed by atoms with Crippen molar-refractivity contribution >= 4 is 62.1 Å². The number of carbonyl (C=O) groups excluding carboxylic acids is 1. The number of nitrogens with one attached hydrogen (secondary N) is 1. The fourth-order valence-corrected chi connectivity index (χ4v) is 4.33. The van der Waals surface area contributed by atoms with Gasteiger partial charge in [-0.25, -0.2) is 4.99 Å². The molecule has 8 heteroatoms. The van der Waals surface area contributed by atoms with E-state index in [1.165, 1.54) is 11.8 Å². The summed E-state index contributed by atoms with van der Waals surface area (Å²) in [6.07, 6.45) is 1.79. The summed E-state index contributed by atoms with van der Waals surface area (Å²) in [7, 11) is 1.61. The molecule has 1 saturated heterocycles. The Balaban J connectivity index is 1.55. The zero-order valence-electron chi connectivity index (χ0n) is 17.0. The molecule has 0 saturated carbocycles. The minimum atomic E-state index is -0.209. The lowest BCUT2D eigenvalue weighted by molar-refractivity contribution is -0.115. The number of rotatable bonds is 6. The lowest BCUT2D eigenvalue weighted by Crippen LogP contribution is -2.19. The number of methoxy groups -OCH3 is 1. The van der Waals surface area contributed by atoms with E-state index in [-0.39, 0.29) is 5.91 Å². The molecule has 0 unspecified atom stereocenters. The number of amides is 1. The van der Waals surface area contributed by atoms with Gasteiger partial charge in [-0.1, -0.05) is 45.7 Å². The Hall–Kier alpha value is -2.74. The Kier molecular flexibility index (Phi) is 7.19. The number of ether oxygens (including phenoxy) is 2. The molecule has 0 aliphatic carbocycles. The minimum Gasteiger partial charge on any atom is -0.497 e. The highest BCUT2D eigenvalue weighted by molar-refractivity contribution is 9.10. The second-order valence-electron chi connectivity index (χ2n) is 6.74. The van der Waals surface area contributed by atoms with E-state index in [9.17, 15) is 4.79 Å². The molecule has 0 bridgehead atoms. The second kappa shape index (κ2) is 10.3. The normalized spacial score (nSPS) is 15.8. The number of thioether (sulfide) groups is 1. The summed E-state index contributed by atoms with van der Waals surface area (Å²) in [4.78, 5) is 17.6. The number of hydrogen-bond donors (Lipinski definition) is 1. The molecule has 1 N–H and O–H groups in total. The highest BCUT2D eigenvalue weighted by Crippen LogP contribution is 2.33. The number of halogens is 2. The second-order valence-corrected chi connectivity index (χ2v) is 9.10. The average molecular weight is 530 g/mol. The Labute approximate surface area is 203 Å². The van der Waals surface area contributed by atoms with Gasteiger partial charge in [0.05, 0.1) is 17.7 Å². The molecule has 32 heavy (non-hydrogen) atoms. The molecular weight excluding hydrogens is 512 g/mol. The van der Waals surface area contributed by atoms with Gasteiger partial charge in [-0.2, -0.15) is 0 Å². The van der Waals surface area contributed by atoms with E-state index >= 15 is 0 Å². The van der Waals surface area contributed by atoms with E-state index in [1.807, 2.05) is 66.7 Å². The van der Waals surface area contributed by atoms with Crippen molar-refractivity contribution in [3.8, 4) is 11.5 Å². The summed E-state index contributed by atoms with van der Waals surface area (Å²) in [5, 5.41) is 3.97. The van der Waals surface area contributed by atoms with Gasteiger partial charge in [0.2, 0.25) is 0 Å². The van der Waals surface area contributed by atoms with Gasteiger partial charge in [0.25, 0.3) is 5.91 Å². The molecule has 1 fully saturated rings. The maximum absolute atomic E-state index is 12.5. The van der Waals surface area contributed by atoms with Crippen LogP contribution in [0.2, 0.25) is 5.02 Å². The largest absolute Gasteiger partial charge is 0.497 e. The Morgan fingerprint density at radius 3 is 2.66 bits per heavy atom. The van der Waals surface area contributed by atoms with Crippen LogP contribution in [0.4, 0.5) is 5.69 Å². The van der Waals surface area contributed by atoms with E-state index in [4.69, 9.17) is 21.1 Å². The Bertz CT molecular complexity index is 1210. The number of nitrogens with zero attached hydrogens (tertiary/aromatic N) is 1. The molecule has 0 aromatic heterocycles. The Morgan fingerprint density at radius 1 is 1.12 bits per heavy atom. The van der Waals surface area contributed by atoms with Gasteiger partial charge < -0.3 is 14.8 Å². The first-order chi connectivity index (χ1) is 15.5. The third kappa shape index (κ3) is 5.54. The van der Waals surface area contributed by atoms with Crippen molar-refractivity contribution in [2.75, 3.05) is 7.11 Å². The molecule has 0 radical (unpaired) electrons. The first kappa shape index (κ1) is 22.5. The third-order valence-electron chi connectivity index (χ3n) is 4.55. The van der Waals surface area contributed by atoms with Crippen LogP contribution < -0.4 is 14.8 Å². The van der Waals surface area contributed by atoms with Crippen molar-refractivity contribution in [2.45, 2.75) is 6.61 Å². The highest BCUT2D eigenvalue weighted by atomic mass is 79.9. The smallest absolute Gasteiger partial charge is 0.264 e. The summed E-state index contributed by atoms with van der Waals surface area (Å²) in [5.74, 6) is 1.19. The van der Waals surface area contributed by atoms with Crippen LogP contribution in [-0.4, -0.2) is 18.2 Å². The summed E-state index contributed by atoms with van der Waals surface area (Å²) < 4.78 is 12.1. The number of hydrogen-bond acceptors (Lipinski definition) is 5. The van der Waals surface area contributed by atoms with Crippen LogP contribution in [0.5, 0.6) is 11.5 Å². The molecule has 0 atom stereocenters. The first-order valence-corrected chi connectivity index (χ1v) is 11.6. The van der Waals surface area contributed by atoms with Crippen molar-refractivity contribution < 1.29 is 14.3 Å². The molecule has 5 nitrogen and oxygen atoms in total. The summed E-state index contributed by atoms with van der Waals surface area (Å²) in [6, 6.07) is 20.5. The predicted molar refractivity (Wildman–Crippen MR) is 134 cm³/mol. The van der Waals surface area contributed by atoms with Crippen molar-refractivity contribution in [2.24, 2.45) is 4.99 Å². The fourth-order valence-electron chi connectivity index (χ4n) is 2.93. The van der Waals surface area contributed by atoms with Crippen LogP contribution >= 0.6 is 39.3 Å². The van der Waals surface area contributed by atoms with Crippen molar-refractivity contribution in [3.63, 3.8) is 0 Å². The SMILES string of the molecule is COc1ccc(N=C2NC(=O)/C(=C/c3cc(Br)ccc3OCc3ccccc3Cl)S2)cc1. The molecule has 4 rings (SSSR count). The van der Waals surface area contributed by atoms with Gasteiger partial charge in [0.1, 0.15) is 18.1 Å². The lowest BCUT2D eigenvalue weighted by atomic mass is 10.2. The van der Waals surface area contributed by atoms with Crippen LogP contribution in [0.3, 0.4) is 0 Å². The highest BCUT2D eigenvalue weighted by Gasteiger charge is 2.24. The van der Waals surface area contributed by atoms with Crippen LogP contribution in [0, 0.1) is 0 Å². The minimum absolute atomic E-state index is 0.209. The van der Waals surface area contributed by atoms with E-state index in [1.54, 1.807) is 13.2 Å². The topological polar surface area (TPSA) is 59.9 Å². The number of carbonyl (C=O) groups is 1. The number of amidine groups is 1. The van der Waals surface area contributed by atoms with Gasteiger partial charge in [0.15, 0.2) is 5.17 Å². The molecule has 1 aliphatic rings. The summed E-state index contributed by atoms with van der Waals surface area (Å²) in [5.41, 5.74) is 2.38. The van der Waals surface area contributed by atoms with Crippen LogP contribution in [0.1, 0.15) is 11.1 Å². The Morgan fingerprint density at radius 2 is 1.91 bits per heavy atom. The van der Waals surface area contributed by atoms with Gasteiger partial charge in [0, 0.05) is 20.6 Å². The molecule has 1 heterocycles. The monoisotopic (exact) mass is 528 g/mol. The van der Waals surface area contributed by atoms with E-state index < -0.39 is 0 Å². The zero-order chi connectivity index (χ0) is 22.5. The van der Waals surface area contributed by atoms with Gasteiger partial charge in [-0.3, -0.25) is 4.79 Å². The number of aliphatic imine (C=N–C) groups is 1. The van der Waals surface area contributed by atoms with E-state index in [2.05, 4.69) is 26.2 Å². The maximum atomic E-state index is 12.5. The summed E-state index contributed by atoms with van der Waals surface area (Å²) >= 11 is 11.0. The van der Waals surface area contributed by atoms with Crippen molar-refractivity contribution in [1.29, 1.82) is 0 Å². The number of benzene rings is 3.